The molecule has 1 unspecified atom stereocenters. The van der Waals surface area contributed by atoms with E-state index < -0.39 is 0 Å². The lowest BCUT2D eigenvalue weighted by atomic mass is 9.87. The van der Waals surface area contributed by atoms with E-state index >= 15 is 0 Å². The first-order valence-electron chi connectivity index (χ1n) is 7.63. The highest BCUT2D eigenvalue weighted by Crippen LogP contribution is 2.25. The molecule has 1 atom stereocenters. The molecule has 5 N–H and O–H groups in total. The number of benzene rings is 1. The van der Waals surface area contributed by atoms with E-state index in [9.17, 15) is 4.79 Å². The number of rotatable bonds is 4. The predicted octanol–water partition coefficient (Wildman–Crippen LogP) is 3.06. The third kappa shape index (κ3) is 4.86. The highest BCUT2D eigenvalue weighted by atomic mass is 32.2. The van der Waals surface area contributed by atoms with Crippen molar-refractivity contribution in [2.24, 2.45) is 0 Å². The zero-order chi connectivity index (χ0) is 17.9. The fraction of sp³-hybridized carbons (Fsp3) is 0.353. The quantitative estimate of drug-likeness (QED) is 0.581. The summed E-state index contributed by atoms with van der Waals surface area (Å²) in [6.45, 7) is 8.23. The summed E-state index contributed by atoms with van der Waals surface area (Å²) in [4.78, 5) is 20.5. The molecule has 0 saturated carbocycles. The van der Waals surface area contributed by atoms with Crippen molar-refractivity contribution < 1.29 is 4.79 Å². The van der Waals surface area contributed by atoms with Crippen LogP contribution in [-0.4, -0.2) is 21.1 Å². The van der Waals surface area contributed by atoms with Gasteiger partial charge in [0.2, 0.25) is 5.91 Å². The molecule has 0 aliphatic carbocycles. The van der Waals surface area contributed by atoms with Gasteiger partial charge in [-0.1, -0.05) is 44.7 Å². The summed E-state index contributed by atoms with van der Waals surface area (Å²) in [6.07, 6.45) is 0. The molecule has 0 bridgehead atoms. The van der Waals surface area contributed by atoms with Gasteiger partial charge in [0, 0.05) is 11.8 Å². The Hall–Kier alpha value is -2.28. The molecule has 0 radical (unpaired) electrons. The Bertz CT molecular complexity index is 705. The van der Waals surface area contributed by atoms with Crippen molar-refractivity contribution in [2.75, 3.05) is 16.8 Å². The van der Waals surface area contributed by atoms with E-state index in [1.54, 1.807) is 6.92 Å². The van der Waals surface area contributed by atoms with Crippen molar-refractivity contribution in [3.63, 3.8) is 0 Å². The van der Waals surface area contributed by atoms with Crippen LogP contribution in [0, 0.1) is 0 Å². The van der Waals surface area contributed by atoms with Gasteiger partial charge in [0.05, 0.1) is 5.25 Å². The van der Waals surface area contributed by atoms with Crippen LogP contribution in [-0.2, 0) is 10.2 Å². The third-order valence-electron chi connectivity index (χ3n) is 3.42. The number of thioether (sulfide) groups is 1. The van der Waals surface area contributed by atoms with Gasteiger partial charge in [-0.25, -0.2) is 9.97 Å². The molecule has 128 valence electrons. The smallest absolute Gasteiger partial charge is 0.237 e. The Balaban J connectivity index is 2.01. The van der Waals surface area contributed by atoms with E-state index in [-0.39, 0.29) is 28.2 Å². The standard InChI is InChI=1S/C17H23N5OS/c1-10(24-16-21-13(18)9-14(19)22-16)15(23)20-12-7-5-11(6-8-12)17(2,3)4/h5-10H,1-4H3,(H,20,23)(H4,18,19,21,22). The molecule has 1 aromatic carbocycles. The lowest BCUT2D eigenvalue weighted by Gasteiger charge is -2.19. The van der Waals surface area contributed by atoms with Crippen molar-refractivity contribution in [1.82, 2.24) is 9.97 Å². The second kappa shape index (κ2) is 7.09. The SMILES string of the molecule is CC(Sc1nc(N)cc(N)n1)C(=O)Nc1ccc(C(C)(C)C)cc1. The van der Waals surface area contributed by atoms with E-state index in [0.29, 0.717) is 5.16 Å². The van der Waals surface area contributed by atoms with Crippen molar-refractivity contribution in [2.45, 2.75) is 43.5 Å². The Morgan fingerprint density at radius 2 is 1.67 bits per heavy atom. The van der Waals surface area contributed by atoms with Crippen LogP contribution in [0.3, 0.4) is 0 Å². The normalized spacial score (nSPS) is 12.7. The Labute approximate surface area is 146 Å². The highest BCUT2D eigenvalue weighted by molar-refractivity contribution is 8.00. The van der Waals surface area contributed by atoms with Crippen LogP contribution in [0.15, 0.2) is 35.5 Å². The third-order valence-corrected chi connectivity index (χ3v) is 4.38. The summed E-state index contributed by atoms with van der Waals surface area (Å²) in [5, 5.41) is 2.90. The number of nitrogens with one attached hydrogen (secondary N) is 1. The molecule has 0 aliphatic rings. The van der Waals surface area contributed by atoms with Gasteiger partial charge in [-0.3, -0.25) is 4.79 Å². The topological polar surface area (TPSA) is 107 Å². The zero-order valence-corrected chi connectivity index (χ0v) is 15.1. The Morgan fingerprint density at radius 3 is 2.17 bits per heavy atom. The van der Waals surface area contributed by atoms with Gasteiger partial charge in [0.1, 0.15) is 11.6 Å². The highest BCUT2D eigenvalue weighted by Gasteiger charge is 2.18. The molecular weight excluding hydrogens is 322 g/mol. The van der Waals surface area contributed by atoms with Gasteiger partial charge in [-0.2, -0.15) is 0 Å². The molecule has 24 heavy (non-hydrogen) atoms. The first kappa shape index (κ1) is 18.1. The van der Waals surface area contributed by atoms with E-state index in [2.05, 4.69) is 36.1 Å². The van der Waals surface area contributed by atoms with E-state index in [1.807, 2.05) is 24.3 Å². The van der Waals surface area contributed by atoms with Crippen LogP contribution in [0.1, 0.15) is 33.3 Å². The van der Waals surface area contributed by atoms with Crippen molar-refractivity contribution >= 4 is 35.0 Å². The average Bonchev–Trinajstić information content (AvgIpc) is 2.45. The molecule has 0 fully saturated rings. The largest absolute Gasteiger partial charge is 0.383 e. The van der Waals surface area contributed by atoms with Crippen LogP contribution in [0.25, 0.3) is 0 Å². The van der Waals surface area contributed by atoms with Crippen molar-refractivity contribution in [1.29, 1.82) is 0 Å². The molecule has 1 heterocycles. The molecule has 0 aliphatic heterocycles. The maximum absolute atomic E-state index is 12.3. The molecule has 1 aromatic heterocycles. The van der Waals surface area contributed by atoms with Crippen LogP contribution in [0.4, 0.5) is 17.3 Å². The molecule has 7 heteroatoms. The summed E-state index contributed by atoms with van der Waals surface area (Å²) >= 11 is 1.21. The molecular formula is C17H23N5OS. The Kier molecular flexibility index (Phi) is 5.33. The minimum atomic E-state index is -0.381. The molecule has 2 aromatic rings. The van der Waals surface area contributed by atoms with E-state index in [0.717, 1.165) is 5.69 Å². The number of amides is 1. The average molecular weight is 345 g/mol. The number of nitrogens with zero attached hydrogens (tertiary/aromatic N) is 2. The molecule has 6 nitrogen and oxygen atoms in total. The fourth-order valence-electron chi connectivity index (χ4n) is 2.02. The number of hydrogen-bond acceptors (Lipinski definition) is 6. The summed E-state index contributed by atoms with van der Waals surface area (Å²) in [5.74, 6) is 0.443. The zero-order valence-electron chi connectivity index (χ0n) is 14.3. The first-order valence-corrected chi connectivity index (χ1v) is 8.51. The summed E-state index contributed by atoms with van der Waals surface area (Å²) in [5.41, 5.74) is 13.3. The second-order valence-corrected chi connectivity index (χ2v) is 7.88. The minimum Gasteiger partial charge on any atom is -0.383 e. The summed E-state index contributed by atoms with van der Waals surface area (Å²) < 4.78 is 0. The lowest BCUT2D eigenvalue weighted by molar-refractivity contribution is -0.115. The number of nitrogens with two attached hydrogens (primary N) is 2. The minimum absolute atomic E-state index is 0.0796. The number of hydrogen-bond donors (Lipinski definition) is 3. The van der Waals surface area contributed by atoms with Gasteiger partial charge in [-0.05, 0) is 30.0 Å². The number of nitrogen functional groups attached to an aromatic ring is 2. The first-order chi connectivity index (χ1) is 11.1. The summed E-state index contributed by atoms with van der Waals surface area (Å²) in [7, 11) is 0. The van der Waals surface area contributed by atoms with Gasteiger partial charge >= 0.3 is 0 Å². The number of aromatic nitrogens is 2. The van der Waals surface area contributed by atoms with Gasteiger partial charge in [-0.15, -0.1) is 0 Å². The van der Waals surface area contributed by atoms with Gasteiger partial charge < -0.3 is 16.8 Å². The van der Waals surface area contributed by atoms with Crippen LogP contribution < -0.4 is 16.8 Å². The predicted molar refractivity (Wildman–Crippen MR) is 99.9 cm³/mol. The monoisotopic (exact) mass is 345 g/mol. The number of anilines is 3. The molecule has 1 amide bonds. The number of carbonyl (C=O) groups excluding carboxylic acids is 1. The molecule has 2 rings (SSSR count). The fourth-order valence-corrected chi connectivity index (χ4v) is 2.82. The number of carbonyl (C=O) groups is 1. The van der Waals surface area contributed by atoms with Crippen LogP contribution >= 0.6 is 11.8 Å². The molecule has 0 saturated heterocycles. The van der Waals surface area contributed by atoms with Crippen molar-refractivity contribution in [3.05, 3.63) is 35.9 Å². The van der Waals surface area contributed by atoms with E-state index in [4.69, 9.17) is 11.5 Å². The lowest BCUT2D eigenvalue weighted by Crippen LogP contribution is -2.23. The van der Waals surface area contributed by atoms with Gasteiger partial charge in [0.25, 0.3) is 0 Å². The maximum Gasteiger partial charge on any atom is 0.237 e. The van der Waals surface area contributed by atoms with Crippen LogP contribution in [0.2, 0.25) is 0 Å². The van der Waals surface area contributed by atoms with E-state index in [1.165, 1.54) is 23.4 Å². The van der Waals surface area contributed by atoms with Gasteiger partial charge in [0.15, 0.2) is 5.16 Å². The maximum atomic E-state index is 12.3. The molecule has 0 spiro atoms. The summed E-state index contributed by atoms with van der Waals surface area (Å²) in [6, 6.07) is 9.34. The van der Waals surface area contributed by atoms with Crippen molar-refractivity contribution in [3.8, 4) is 0 Å². The second-order valence-electron chi connectivity index (χ2n) is 6.58. The van der Waals surface area contributed by atoms with Crippen LogP contribution in [0.5, 0.6) is 0 Å². The Morgan fingerprint density at radius 1 is 1.12 bits per heavy atom.